The van der Waals surface area contributed by atoms with Crippen LogP contribution in [0, 0.1) is 5.82 Å². The zero-order chi connectivity index (χ0) is 20.4. The van der Waals surface area contributed by atoms with E-state index in [2.05, 4.69) is 9.97 Å². The van der Waals surface area contributed by atoms with Gasteiger partial charge in [-0.2, -0.15) is 0 Å². The molecule has 2 aromatic heterocycles. The second-order valence-electron chi connectivity index (χ2n) is 6.13. The minimum atomic E-state index is -0.857. The maximum absolute atomic E-state index is 14.0. The van der Waals surface area contributed by atoms with Crippen molar-refractivity contribution in [1.29, 1.82) is 0 Å². The van der Waals surface area contributed by atoms with Gasteiger partial charge in [0.15, 0.2) is 0 Å². The van der Waals surface area contributed by atoms with Gasteiger partial charge in [-0.1, -0.05) is 30.3 Å². The highest BCUT2D eigenvalue weighted by Gasteiger charge is 2.16. The Labute approximate surface area is 168 Å². The summed E-state index contributed by atoms with van der Waals surface area (Å²) >= 11 is 1.33. The summed E-state index contributed by atoms with van der Waals surface area (Å²) in [4.78, 5) is 32.3. The molecule has 0 aliphatic rings. The zero-order valence-electron chi connectivity index (χ0n) is 15.3. The number of esters is 1. The highest BCUT2D eigenvalue weighted by Crippen LogP contribution is 2.30. The number of carbonyl (C=O) groups excluding carboxylic acids is 1. The smallest absolute Gasteiger partial charge is 0.341 e. The van der Waals surface area contributed by atoms with Gasteiger partial charge in [0.1, 0.15) is 28.8 Å². The van der Waals surface area contributed by atoms with Gasteiger partial charge < -0.3 is 14.5 Å². The van der Waals surface area contributed by atoms with E-state index in [9.17, 15) is 14.0 Å². The van der Waals surface area contributed by atoms with Crippen LogP contribution in [0.4, 0.5) is 4.39 Å². The van der Waals surface area contributed by atoms with Crippen molar-refractivity contribution in [1.82, 2.24) is 9.97 Å². The monoisotopic (exact) mass is 410 g/mol. The Balaban J connectivity index is 1.56. The molecule has 146 valence electrons. The highest BCUT2D eigenvalue weighted by molar-refractivity contribution is 7.17. The SMILES string of the molecule is COc1ccc(C(=O)OCc2nc3scc(-c4ccccc4)c3c(=O)[nH]2)c(F)c1. The Morgan fingerprint density at radius 2 is 2.00 bits per heavy atom. The predicted octanol–water partition coefficient (Wildman–Crippen LogP) is 4.16. The number of thiophene rings is 1. The highest BCUT2D eigenvalue weighted by atomic mass is 32.1. The minimum absolute atomic E-state index is 0.186. The summed E-state index contributed by atoms with van der Waals surface area (Å²) in [5.41, 5.74) is 1.16. The quantitative estimate of drug-likeness (QED) is 0.500. The van der Waals surface area contributed by atoms with Gasteiger partial charge in [-0.15, -0.1) is 11.3 Å². The van der Waals surface area contributed by atoms with Gasteiger partial charge in [-0.25, -0.2) is 14.2 Å². The Morgan fingerprint density at radius 1 is 1.21 bits per heavy atom. The third-order valence-corrected chi connectivity index (χ3v) is 5.19. The summed E-state index contributed by atoms with van der Waals surface area (Å²) < 4.78 is 24.0. The lowest BCUT2D eigenvalue weighted by Gasteiger charge is -2.07. The predicted molar refractivity (Wildman–Crippen MR) is 108 cm³/mol. The third kappa shape index (κ3) is 3.74. The molecule has 0 saturated carbocycles. The summed E-state index contributed by atoms with van der Waals surface area (Å²) in [5.74, 6) is -1.13. The topological polar surface area (TPSA) is 81.3 Å². The number of hydrogen-bond acceptors (Lipinski definition) is 6. The first-order chi connectivity index (χ1) is 14.1. The summed E-state index contributed by atoms with van der Waals surface area (Å²) in [7, 11) is 1.40. The van der Waals surface area contributed by atoms with Crippen molar-refractivity contribution >= 4 is 27.5 Å². The fourth-order valence-corrected chi connectivity index (χ4v) is 3.86. The van der Waals surface area contributed by atoms with Crippen molar-refractivity contribution in [2.24, 2.45) is 0 Å². The van der Waals surface area contributed by atoms with Crippen LogP contribution >= 0.6 is 11.3 Å². The molecule has 0 aliphatic heterocycles. The Kier molecular flexibility index (Phi) is 5.09. The molecule has 2 aromatic carbocycles. The molecule has 4 aromatic rings. The normalized spacial score (nSPS) is 10.8. The molecule has 0 radical (unpaired) electrons. The van der Waals surface area contributed by atoms with E-state index in [1.807, 2.05) is 35.7 Å². The first-order valence-electron chi connectivity index (χ1n) is 8.63. The van der Waals surface area contributed by atoms with E-state index in [-0.39, 0.29) is 23.6 Å². The molecule has 4 rings (SSSR count). The van der Waals surface area contributed by atoms with Crippen molar-refractivity contribution in [2.45, 2.75) is 6.61 Å². The number of nitrogens with one attached hydrogen (secondary N) is 1. The van der Waals surface area contributed by atoms with Gasteiger partial charge in [-0.05, 0) is 17.7 Å². The van der Waals surface area contributed by atoms with E-state index in [1.165, 1.54) is 30.6 Å². The Hall–Kier alpha value is -3.52. The van der Waals surface area contributed by atoms with Crippen LogP contribution in [0.1, 0.15) is 16.2 Å². The molecular formula is C21H15FN2O4S. The number of H-pyrrole nitrogens is 1. The second-order valence-corrected chi connectivity index (χ2v) is 6.99. The van der Waals surface area contributed by atoms with Crippen molar-refractivity contribution < 1.29 is 18.7 Å². The number of aromatic amines is 1. The molecule has 6 nitrogen and oxygen atoms in total. The zero-order valence-corrected chi connectivity index (χ0v) is 16.1. The third-order valence-electron chi connectivity index (χ3n) is 4.31. The van der Waals surface area contributed by atoms with Crippen LogP contribution in [0.2, 0.25) is 0 Å². The second kappa shape index (κ2) is 7.84. The number of fused-ring (bicyclic) bond motifs is 1. The molecule has 0 aliphatic carbocycles. The van der Waals surface area contributed by atoms with Gasteiger partial charge in [-0.3, -0.25) is 4.79 Å². The number of rotatable bonds is 5. The number of nitrogens with zero attached hydrogens (tertiary/aromatic N) is 1. The van der Waals surface area contributed by atoms with E-state index in [0.717, 1.165) is 17.2 Å². The van der Waals surface area contributed by atoms with Crippen LogP contribution in [-0.4, -0.2) is 23.0 Å². The molecule has 0 unspecified atom stereocenters. The van der Waals surface area contributed by atoms with Crippen LogP contribution in [0.3, 0.4) is 0 Å². The molecule has 0 atom stereocenters. The van der Waals surface area contributed by atoms with Crippen LogP contribution in [0.15, 0.2) is 58.7 Å². The van der Waals surface area contributed by atoms with Crippen LogP contribution in [0.5, 0.6) is 5.75 Å². The van der Waals surface area contributed by atoms with E-state index in [0.29, 0.717) is 16.0 Å². The first-order valence-corrected chi connectivity index (χ1v) is 9.51. The molecule has 0 amide bonds. The van der Waals surface area contributed by atoms with Crippen molar-refractivity contribution in [3.8, 4) is 16.9 Å². The molecule has 0 bridgehead atoms. The van der Waals surface area contributed by atoms with Crippen molar-refractivity contribution in [3.05, 3.63) is 81.5 Å². The molecule has 0 spiro atoms. The Morgan fingerprint density at radius 3 is 2.72 bits per heavy atom. The minimum Gasteiger partial charge on any atom is -0.497 e. The van der Waals surface area contributed by atoms with Crippen molar-refractivity contribution in [2.75, 3.05) is 7.11 Å². The fourth-order valence-electron chi connectivity index (χ4n) is 2.89. The molecule has 2 heterocycles. The standard InChI is InChI=1S/C21H15FN2O4S/c1-27-13-7-8-14(16(22)9-13)21(26)28-10-17-23-19(25)18-15(11-29-20(18)24-17)12-5-3-2-4-6-12/h2-9,11H,10H2,1H3,(H,23,24,25). The van der Waals surface area contributed by atoms with Gasteiger partial charge in [0.25, 0.3) is 5.56 Å². The van der Waals surface area contributed by atoms with Gasteiger partial charge in [0, 0.05) is 17.0 Å². The van der Waals surface area contributed by atoms with E-state index in [4.69, 9.17) is 9.47 Å². The van der Waals surface area contributed by atoms with Crippen LogP contribution < -0.4 is 10.3 Å². The maximum Gasteiger partial charge on any atom is 0.341 e. The lowest BCUT2D eigenvalue weighted by atomic mass is 10.1. The summed E-state index contributed by atoms with van der Waals surface area (Å²) in [6.45, 7) is -0.284. The van der Waals surface area contributed by atoms with E-state index >= 15 is 0 Å². The number of aromatic nitrogens is 2. The molecule has 8 heteroatoms. The maximum atomic E-state index is 14.0. The lowest BCUT2D eigenvalue weighted by Crippen LogP contribution is -2.14. The number of halogens is 1. The fraction of sp³-hybridized carbons (Fsp3) is 0.0952. The van der Waals surface area contributed by atoms with Gasteiger partial charge >= 0.3 is 5.97 Å². The number of hydrogen-bond donors (Lipinski definition) is 1. The Bertz CT molecular complexity index is 1250. The molecule has 0 fully saturated rings. The molecular weight excluding hydrogens is 395 g/mol. The largest absolute Gasteiger partial charge is 0.497 e. The van der Waals surface area contributed by atoms with Gasteiger partial charge in [0.2, 0.25) is 0 Å². The number of methoxy groups -OCH3 is 1. The van der Waals surface area contributed by atoms with Crippen LogP contribution in [0.25, 0.3) is 21.3 Å². The first kappa shape index (κ1) is 18.8. The lowest BCUT2D eigenvalue weighted by molar-refractivity contribution is 0.0457. The molecule has 1 N–H and O–H groups in total. The van der Waals surface area contributed by atoms with E-state index < -0.39 is 11.8 Å². The molecule has 29 heavy (non-hydrogen) atoms. The van der Waals surface area contributed by atoms with Crippen LogP contribution in [-0.2, 0) is 11.3 Å². The number of ether oxygens (including phenoxy) is 2. The summed E-state index contributed by atoms with van der Waals surface area (Å²) in [5, 5.41) is 2.35. The average Bonchev–Trinajstić information content (AvgIpc) is 3.17. The number of benzene rings is 2. The summed E-state index contributed by atoms with van der Waals surface area (Å²) in [6.07, 6.45) is 0. The van der Waals surface area contributed by atoms with Crippen molar-refractivity contribution in [3.63, 3.8) is 0 Å². The summed E-state index contributed by atoms with van der Waals surface area (Å²) in [6, 6.07) is 13.4. The van der Waals surface area contributed by atoms with Gasteiger partial charge in [0.05, 0.1) is 18.1 Å². The average molecular weight is 410 g/mol. The number of carbonyl (C=O) groups is 1. The van der Waals surface area contributed by atoms with E-state index in [1.54, 1.807) is 0 Å². The molecule has 0 saturated heterocycles.